The molecule has 2 N–H and O–H groups in total. The fraction of sp³-hybridized carbons (Fsp3) is 0.0500. The largest absolute Gasteiger partial charge is 0.332 e. The van der Waals surface area contributed by atoms with Crippen LogP contribution in [0.4, 0.5) is 11.4 Å². The molecule has 0 radical (unpaired) electrons. The molecule has 3 aromatic rings. The molecule has 0 aliphatic carbocycles. The van der Waals surface area contributed by atoms with E-state index < -0.39 is 0 Å². The Morgan fingerprint density at radius 3 is 1.88 bits per heavy atom. The second kappa shape index (κ2) is 8.52. The van der Waals surface area contributed by atoms with E-state index in [0.717, 1.165) is 17.1 Å². The fourth-order valence-electron chi connectivity index (χ4n) is 2.18. The van der Waals surface area contributed by atoms with Gasteiger partial charge in [0.15, 0.2) is 5.11 Å². The van der Waals surface area contributed by atoms with Crippen LogP contribution in [0.15, 0.2) is 89.8 Å². The number of thiocarbonyl (C=S) groups is 1. The van der Waals surface area contributed by atoms with Gasteiger partial charge in [0, 0.05) is 22.0 Å². The van der Waals surface area contributed by atoms with Crippen LogP contribution in [0.2, 0.25) is 0 Å². The second-order valence-electron chi connectivity index (χ2n) is 5.24. The van der Waals surface area contributed by atoms with Crippen molar-refractivity contribution in [3.63, 3.8) is 0 Å². The van der Waals surface area contributed by atoms with E-state index in [0.29, 0.717) is 5.11 Å². The molecule has 0 aliphatic rings. The van der Waals surface area contributed by atoms with E-state index in [-0.39, 0.29) is 0 Å². The van der Waals surface area contributed by atoms with Gasteiger partial charge in [-0.15, -0.1) is 11.8 Å². The Morgan fingerprint density at radius 2 is 1.25 bits per heavy atom. The molecule has 0 aliphatic heterocycles. The monoisotopic (exact) mass is 350 g/mol. The minimum absolute atomic E-state index is 0.590. The Balaban J connectivity index is 1.51. The van der Waals surface area contributed by atoms with Gasteiger partial charge in [-0.1, -0.05) is 48.5 Å². The van der Waals surface area contributed by atoms with Gasteiger partial charge in [0.1, 0.15) is 0 Å². The number of hydrogen-bond donors (Lipinski definition) is 2. The van der Waals surface area contributed by atoms with Gasteiger partial charge in [0.05, 0.1) is 0 Å². The first-order valence-electron chi connectivity index (χ1n) is 7.69. The van der Waals surface area contributed by atoms with Gasteiger partial charge >= 0.3 is 0 Å². The maximum absolute atomic E-state index is 5.34. The van der Waals surface area contributed by atoms with Crippen molar-refractivity contribution in [1.29, 1.82) is 0 Å². The Labute approximate surface area is 152 Å². The first-order valence-corrected chi connectivity index (χ1v) is 9.09. The van der Waals surface area contributed by atoms with E-state index in [1.165, 1.54) is 10.5 Å². The molecule has 0 fully saturated rings. The summed E-state index contributed by atoms with van der Waals surface area (Å²) in [6.45, 7) is 0. The number of rotatable bonds is 5. The first kappa shape index (κ1) is 16.6. The fourth-order valence-corrected chi connectivity index (χ4v) is 3.29. The highest BCUT2D eigenvalue weighted by Crippen LogP contribution is 2.23. The molecule has 24 heavy (non-hydrogen) atoms. The van der Waals surface area contributed by atoms with Gasteiger partial charge in [-0.2, -0.15) is 0 Å². The summed E-state index contributed by atoms with van der Waals surface area (Å²) in [5.41, 5.74) is 3.25. The second-order valence-corrected chi connectivity index (χ2v) is 6.70. The van der Waals surface area contributed by atoms with Crippen LogP contribution in [0.5, 0.6) is 0 Å². The Kier molecular flexibility index (Phi) is 5.88. The zero-order chi connectivity index (χ0) is 16.6. The number of benzene rings is 3. The number of hydrogen-bond acceptors (Lipinski definition) is 2. The molecule has 0 atom stereocenters. The first-order chi connectivity index (χ1) is 11.8. The molecule has 0 aromatic heterocycles. The van der Waals surface area contributed by atoms with Crippen molar-refractivity contribution in [2.45, 2.75) is 10.6 Å². The molecule has 0 amide bonds. The van der Waals surface area contributed by atoms with Crippen LogP contribution >= 0.6 is 24.0 Å². The highest BCUT2D eigenvalue weighted by atomic mass is 32.2. The molecule has 120 valence electrons. The summed E-state index contributed by atoms with van der Waals surface area (Å²) in [5.74, 6) is 0.955. The van der Waals surface area contributed by atoms with Crippen LogP contribution in [0, 0.1) is 0 Å². The maximum Gasteiger partial charge on any atom is 0.175 e. The van der Waals surface area contributed by atoms with E-state index in [1.807, 2.05) is 48.2 Å². The lowest BCUT2D eigenvalue weighted by atomic mass is 10.2. The van der Waals surface area contributed by atoms with Crippen LogP contribution in [-0.2, 0) is 5.75 Å². The normalized spacial score (nSPS) is 10.2. The average molecular weight is 351 g/mol. The van der Waals surface area contributed by atoms with Crippen LogP contribution in [0.25, 0.3) is 0 Å². The maximum atomic E-state index is 5.34. The molecule has 0 saturated heterocycles. The van der Waals surface area contributed by atoms with Gasteiger partial charge < -0.3 is 10.6 Å². The third-order valence-electron chi connectivity index (χ3n) is 3.39. The van der Waals surface area contributed by atoms with Gasteiger partial charge in [-0.3, -0.25) is 0 Å². The lowest BCUT2D eigenvalue weighted by Gasteiger charge is -2.11. The molecule has 4 heteroatoms. The number of anilines is 2. The van der Waals surface area contributed by atoms with Crippen molar-refractivity contribution in [1.82, 2.24) is 0 Å². The quantitative estimate of drug-likeness (QED) is 0.449. The predicted octanol–water partition coefficient (Wildman–Crippen LogP) is 5.79. The SMILES string of the molecule is S=C(Nc1ccccc1)Nc1ccc(CSc2ccccc2)cc1. The molecule has 3 rings (SSSR count). The van der Waals surface area contributed by atoms with Crippen LogP contribution < -0.4 is 10.6 Å². The van der Waals surface area contributed by atoms with E-state index in [4.69, 9.17) is 12.2 Å². The summed E-state index contributed by atoms with van der Waals surface area (Å²) in [5, 5.41) is 6.96. The molecule has 0 heterocycles. The summed E-state index contributed by atoms with van der Waals surface area (Å²) >= 11 is 7.18. The minimum Gasteiger partial charge on any atom is -0.332 e. The summed E-state index contributed by atoms with van der Waals surface area (Å²) in [6, 6.07) is 28.7. The molecule has 0 saturated carbocycles. The topological polar surface area (TPSA) is 24.1 Å². The van der Waals surface area contributed by atoms with Gasteiger partial charge in [0.2, 0.25) is 0 Å². The molecule has 0 bridgehead atoms. The molecule has 3 aromatic carbocycles. The van der Waals surface area contributed by atoms with E-state index in [1.54, 1.807) is 0 Å². The van der Waals surface area contributed by atoms with Crippen molar-refractivity contribution in [3.05, 3.63) is 90.5 Å². The zero-order valence-electron chi connectivity index (χ0n) is 13.1. The van der Waals surface area contributed by atoms with Crippen LogP contribution in [0.3, 0.4) is 0 Å². The van der Waals surface area contributed by atoms with Crippen LogP contribution in [-0.4, -0.2) is 5.11 Å². The molecular formula is C20H18N2S2. The predicted molar refractivity (Wildman–Crippen MR) is 109 cm³/mol. The zero-order valence-corrected chi connectivity index (χ0v) is 14.7. The Hall–Kier alpha value is -2.30. The lowest BCUT2D eigenvalue weighted by molar-refractivity contribution is 1.38. The van der Waals surface area contributed by atoms with Gasteiger partial charge in [-0.25, -0.2) is 0 Å². The van der Waals surface area contributed by atoms with Crippen molar-refractivity contribution in [3.8, 4) is 0 Å². The summed E-state index contributed by atoms with van der Waals surface area (Å²) < 4.78 is 0. The molecular weight excluding hydrogens is 332 g/mol. The van der Waals surface area contributed by atoms with E-state index in [9.17, 15) is 0 Å². The van der Waals surface area contributed by atoms with Crippen LogP contribution in [0.1, 0.15) is 5.56 Å². The lowest BCUT2D eigenvalue weighted by Crippen LogP contribution is -2.18. The minimum atomic E-state index is 0.590. The smallest absolute Gasteiger partial charge is 0.175 e. The summed E-state index contributed by atoms with van der Waals surface area (Å²) in [7, 11) is 0. The standard InChI is InChI=1S/C20H18N2S2/c23-20(21-17-7-3-1-4-8-17)22-18-13-11-16(12-14-18)15-24-19-9-5-2-6-10-19/h1-14H,15H2,(H2,21,22,23). The van der Waals surface area contributed by atoms with E-state index >= 15 is 0 Å². The highest BCUT2D eigenvalue weighted by Gasteiger charge is 2.00. The molecule has 0 unspecified atom stereocenters. The third-order valence-corrected chi connectivity index (χ3v) is 4.68. The van der Waals surface area contributed by atoms with Crippen molar-refractivity contribution < 1.29 is 0 Å². The molecule has 2 nitrogen and oxygen atoms in total. The van der Waals surface area contributed by atoms with Gasteiger partial charge in [-0.05, 0) is 54.2 Å². The van der Waals surface area contributed by atoms with Crippen molar-refractivity contribution in [2.75, 3.05) is 10.6 Å². The number of nitrogens with one attached hydrogen (secondary N) is 2. The van der Waals surface area contributed by atoms with Crippen molar-refractivity contribution in [2.24, 2.45) is 0 Å². The Bertz CT molecular complexity index is 772. The van der Waals surface area contributed by atoms with Gasteiger partial charge in [0.25, 0.3) is 0 Å². The average Bonchev–Trinajstić information content (AvgIpc) is 2.63. The number of para-hydroxylation sites is 1. The Morgan fingerprint density at radius 1 is 0.708 bits per heavy atom. The van der Waals surface area contributed by atoms with E-state index in [2.05, 4.69) is 59.2 Å². The highest BCUT2D eigenvalue weighted by molar-refractivity contribution is 7.98. The number of thioether (sulfide) groups is 1. The summed E-state index contributed by atoms with van der Waals surface area (Å²) in [6.07, 6.45) is 0. The third kappa shape index (κ3) is 5.11. The summed E-state index contributed by atoms with van der Waals surface area (Å²) in [4.78, 5) is 1.29. The van der Waals surface area contributed by atoms with Crippen molar-refractivity contribution >= 4 is 40.5 Å². The molecule has 0 spiro atoms.